The molecule has 0 radical (unpaired) electrons. The molecule has 3 aromatic heterocycles. The molecule has 9 nitrogen and oxygen atoms in total. The van der Waals surface area contributed by atoms with Gasteiger partial charge in [-0.25, -0.2) is 4.68 Å². The number of benzene rings is 1. The minimum atomic E-state index is -0.209. The third-order valence-electron chi connectivity index (χ3n) is 5.95. The summed E-state index contributed by atoms with van der Waals surface area (Å²) in [7, 11) is 0. The molecule has 35 heavy (non-hydrogen) atoms. The minimum absolute atomic E-state index is 0.0994. The van der Waals surface area contributed by atoms with Gasteiger partial charge < -0.3 is 16.0 Å². The van der Waals surface area contributed by atoms with Crippen LogP contribution in [0.15, 0.2) is 65.7 Å². The second-order valence-corrected chi connectivity index (χ2v) is 10.1. The first kappa shape index (κ1) is 23.3. The molecular weight excluding hydrogens is 486 g/mol. The first-order valence-electron chi connectivity index (χ1n) is 11.3. The molecule has 0 atom stereocenters. The van der Waals surface area contributed by atoms with Gasteiger partial charge >= 0.3 is 0 Å². The minimum Gasteiger partial charge on any atom is -0.370 e. The fourth-order valence-corrected chi connectivity index (χ4v) is 5.04. The Bertz CT molecular complexity index is 1400. The topological polar surface area (TPSA) is 111 Å². The standard InChI is InChI=1S/C24H24ClN7O2S/c25-22-7-6-21(35-22)24(34)27-14-17-15-32(29-28-17)19-5-4-18(31-10-2-1-3-23(31)33)13-20(19)30-11-8-16(26)9-12-30/h1-7,10,13,15-16H,8-9,11-12,14,26H2,(H,27,34). The number of anilines is 1. The number of hydrogen-bond acceptors (Lipinski definition) is 7. The molecule has 180 valence electrons. The lowest BCUT2D eigenvalue weighted by atomic mass is 10.0. The van der Waals surface area contributed by atoms with E-state index in [2.05, 4.69) is 20.5 Å². The Labute approximate surface area is 210 Å². The van der Waals surface area contributed by atoms with Gasteiger partial charge in [0.2, 0.25) is 0 Å². The Morgan fingerprint density at radius 2 is 1.97 bits per heavy atom. The lowest BCUT2D eigenvalue weighted by Crippen LogP contribution is -2.40. The Kier molecular flexibility index (Phi) is 6.67. The van der Waals surface area contributed by atoms with Crippen molar-refractivity contribution < 1.29 is 4.79 Å². The second-order valence-electron chi connectivity index (χ2n) is 8.35. The average Bonchev–Trinajstić information content (AvgIpc) is 3.52. The number of halogens is 1. The van der Waals surface area contributed by atoms with Crippen LogP contribution in [0.1, 0.15) is 28.2 Å². The summed E-state index contributed by atoms with van der Waals surface area (Å²) in [6.45, 7) is 1.85. The zero-order valence-electron chi connectivity index (χ0n) is 18.8. The van der Waals surface area contributed by atoms with Crippen molar-refractivity contribution in [3.8, 4) is 11.4 Å². The third kappa shape index (κ3) is 5.14. The van der Waals surface area contributed by atoms with Crippen molar-refractivity contribution in [2.45, 2.75) is 25.4 Å². The number of rotatable bonds is 6. The number of nitrogens with zero attached hydrogens (tertiary/aromatic N) is 5. The van der Waals surface area contributed by atoms with E-state index in [-0.39, 0.29) is 24.1 Å². The highest BCUT2D eigenvalue weighted by atomic mass is 35.5. The zero-order chi connectivity index (χ0) is 24.4. The highest BCUT2D eigenvalue weighted by Gasteiger charge is 2.21. The summed E-state index contributed by atoms with van der Waals surface area (Å²) in [6.07, 6.45) is 5.32. The number of aromatic nitrogens is 4. The van der Waals surface area contributed by atoms with Crippen LogP contribution in [-0.2, 0) is 6.54 Å². The number of piperidine rings is 1. The summed E-state index contributed by atoms with van der Waals surface area (Å²) in [5.74, 6) is -0.209. The smallest absolute Gasteiger partial charge is 0.261 e. The molecule has 1 aliphatic heterocycles. The molecule has 0 unspecified atom stereocenters. The van der Waals surface area contributed by atoms with Gasteiger partial charge in [-0.1, -0.05) is 22.9 Å². The van der Waals surface area contributed by atoms with Crippen molar-refractivity contribution in [3.63, 3.8) is 0 Å². The molecule has 0 spiro atoms. The van der Waals surface area contributed by atoms with Gasteiger partial charge in [0.05, 0.1) is 39.0 Å². The molecule has 4 aromatic rings. The van der Waals surface area contributed by atoms with Crippen LogP contribution < -0.4 is 21.5 Å². The number of thiophene rings is 1. The van der Waals surface area contributed by atoms with Gasteiger partial charge in [-0.15, -0.1) is 16.4 Å². The van der Waals surface area contributed by atoms with Gasteiger partial charge in [-0.2, -0.15) is 0 Å². The van der Waals surface area contributed by atoms with Crippen molar-refractivity contribution in [2.24, 2.45) is 5.73 Å². The molecule has 1 saturated heterocycles. The quantitative estimate of drug-likeness (QED) is 0.413. The van der Waals surface area contributed by atoms with E-state index in [1.807, 2.05) is 24.3 Å². The van der Waals surface area contributed by atoms with Gasteiger partial charge in [0.15, 0.2) is 0 Å². The predicted molar refractivity (Wildman–Crippen MR) is 137 cm³/mol. The van der Waals surface area contributed by atoms with E-state index in [4.69, 9.17) is 17.3 Å². The van der Waals surface area contributed by atoms with E-state index >= 15 is 0 Å². The molecule has 1 aliphatic rings. The second kappa shape index (κ2) is 10.0. The zero-order valence-corrected chi connectivity index (χ0v) is 20.4. The normalized spacial score (nSPS) is 14.3. The van der Waals surface area contributed by atoms with E-state index < -0.39 is 0 Å². The average molecular weight is 510 g/mol. The van der Waals surface area contributed by atoms with Crippen LogP contribution in [0, 0.1) is 0 Å². The summed E-state index contributed by atoms with van der Waals surface area (Å²) in [5, 5.41) is 11.4. The molecule has 3 N–H and O–H groups in total. The maximum absolute atomic E-state index is 12.4. The van der Waals surface area contributed by atoms with Crippen molar-refractivity contribution in [1.82, 2.24) is 24.9 Å². The Balaban J connectivity index is 1.42. The molecule has 5 rings (SSSR count). The van der Waals surface area contributed by atoms with E-state index in [9.17, 15) is 9.59 Å². The molecule has 0 saturated carbocycles. The van der Waals surface area contributed by atoms with Gasteiger partial charge in [0.25, 0.3) is 11.5 Å². The van der Waals surface area contributed by atoms with E-state index in [1.165, 1.54) is 17.4 Å². The molecule has 0 bridgehead atoms. The lowest BCUT2D eigenvalue weighted by Gasteiger charge is -2.33. The summed E-state index contributed by atoms with van der Waals surface area (Å²) in [4.78, 5) is 27.5. The number of hydrogen-bond donors (Lipinski definition) is 2. The number of carbonyl (C=O) groups is 1. The number of amides is 1. The first-order chi connectivity index (χ1) is 17.0. The van der Waals surface area contributed by atoms with Crippen molar-refractivity contribution in [2.75, 3.05) is 18.0 Å². The Morgan fingerprint density at radius 1 is 1.14 bits per heavy atom. The molecule has 4 heterocycles. The predicted octanol–water partition coefficient (Wildman–Crippen LogP) is 2.99. The van der Waals surface area contributed by atoms with Crippen LogP contribution in [0.2, 0.25) is 4.34 Å². The van der Waals surface area contributed by atoms with Crippen LogP contribution >= 0.6 is 22.9 Å². The lowest BCUT2D eigenvalue weighted by molar-refractivity contribution is 0.0954. The van der Waals surface area contributed by atoms with Crippen LogP contribution in [-0.4, -0.2) is 44.6 Å². The number of pyridine rings is 1. The highest BCUT2D eigenvalue weighted by molar-refractivity contribution is 7.17. The van der Waals surface area contributed by atoms with Crippen LogP contribution in [0.3, 0.4) is 0 Å². The Hall–Kier alpha value is -3.47. The summed E-state index contributed by atoms with van der Waals surface area (Å²) in [6, 6.07) is 14.5. The van der Waals surface area contributed by atoms with Gasteiger partial charge in [-0.05, 0) is 49.2 Å². The number of carbonyl (C=O) groups excluding carboxylic acids is 1. The molecule has 0 aliphatic carbocycles. The molecular formula is C24H24ClN7O2S. The maximum Gasteiger partial charge on any atom is 0.261 e. The molecule has 1 aromatic carbocycles. The fraction of sp³-hybridized carbons (Fsp3) is 0.250. The molecule has 11 heteroatoms. The van der Waals surface area contributed by atoms with Gasteiger partial charge in [0.1, 0.15) is 5.69 Å². The molecule has 1 fully saturated rings. The number of nitrogens with two attached hydrogens (primary N) is 1. The van der Waals surface area contributed by atoms with Gasteiger partial charge in [-0.3, -0.25) is 14.2 Å². The summed E-state index contributed by atoms with van der Waals surface area (Å²) < 4.78 is 3.88. The van der Waals surface area contributed by atoms with Crippen molar-refractivity contribution >= 4 is 34.5 Å². The molecule has 1 amide bonds. The Morgan fingerprint density at radius 3 is 2.71 bits per heavy atom. The first-order valence-corrected chi connectivity index (χ1v) is 12.4. The largest absolute Gasteiger partial charge is 0.370 e. The van der Waals surface area contributed by atoms with Crippen molar-refractivity contribution in [1.29, 1.82) is 0 Å². The third-order valence-corrected chi connectivity index (χ3v) is 7.18. The highest BCUT2D eigenvalue weighted by Crippen LogP contribution is 2.29. The summed E-state index contributed by atoms with van der Waals surface area (Å²) in [5.41, 5.74) is 9.20. The van der Waals surface area contributed by atoms with Crippen LogP contribution in [0.4, 0.5) is 5.69 Å². The van der Waals surface area contributed by atoms with Crippen LogP contribution in [0.25, 0.3) is 11.4 Å². The fourth-order valence-electron chi connectivity index (χ4n) is 4.08. The maximum atomic E-state index is 12.4. The van der Waals surface area contributed by atoms with E-state index in [0.717, 1.165) is 43.0 Å². The van der Waals surface area contributed by atoms with Gasteiger partial charge in [0, 0.05) is 31.4 Å². The monoisotopic (exact) mass is 509 g/mol. The SMILES string of the molecule is NC1CCN(c2cc(-n3ccccc3=O)ccc2-n2cc(CNC(=O)c3ccc(Cl)s3)nn2)CC1. The van der Waals surface area contributed by atoms with E-state index in [0.29, 0.717) is 14.9 Å². The number of nitrogens with one attached hydrogen (secondary N) is 1. The van der Waals surface area contributed by atoms with Crippen molar-refractivity contribution in [3.05, 3.63) is 86.2 Å². The summed E-state index contributed by atoms with van der Waals surface area (Å²) >= 11 is 7.15. The van der Waals surface area contributed by atoms with Crippen LogP contribution in [0.5, 0.6) is 0 Å². The van der Waals surface area contributed by atoms with E-state index in [1.54, 1.807) is 39.8 Å².